The molecule has 2 aromatic carbocycles. The monoisotopic (exact) mass is 619 g/mol. The summed E-state index contributed by atoms with van der Waals surface area (Å²) in [4.78, 5) is 78.0. The highest BCUT2D eigenvalue weighted by atomic mass is 16.6. The van der Waals surface area contributed by atoms with Gasteiger partial charge in [0.2, 0.25) is 11.7 Å². The zero-order chi connectivity index (χ0) is 34.1. The number of Topliss-reactive ketones (excluding diaryl/α,β-unsaturated/α-hetero) is 4. The molecule has 3 atom stereocenters. The van der Waals surface area contributed by atoms with Crippen molar-refractivity contribution in [3.8, 4) is 0 Å². The van der Waals surface area contributed by atoms with Crippen molar-refractivity contribution in [3.63, 3.8) is 0 Å². The fraction of sp³-hybridized carbons (Fsp3) is 0.514. The predicted molar refractivity (Wildman–Crippen MR) is 174 cm³/mol. The molecular formula is C37H49NO7. The molecule has 0 saturated carbocycles. The van der Waals surface area contributed by atoms with Crippen molar-refractivity contribution in [2.24, 2.45) is 23.2 Å². The fourth-order valence-corrected chi connectivity index (χ4v) is 4.92. The van der Waals surface area contributed by atoms with Crippen LogP contribution in [0.3, 0.4) is 0 Å². The van der Waals surface area contributed by atoms with Crippen LogP contribution in [-0.4, -0.2) is 46.7 Å². The number of carbonyl (C=O) groups is 6. The minimum Gasteiger partial charge on any atom is -0.456 e. The molecule has 0 aromatic heterocycles. The number of rotatable bonds is 15. The third-order valence-corrected chi connectivity index (χ3v) is 7.73. The van der Waals surface area contributed by atoms with Crippen LogP contribution in [0, 0.1) is 23.2 Å². The average Bonchev–Trinajstić information content (AvgIpc) is 2.95. The van der Waals surface area contributed by atoms with Crippen LogP contribution >= 0.6 is 0 Å². The summed E-state index contributed by atoms with van der Waals surface area (Å²) < 4.78 is 5.41. The molecule has 2 rings (SSSR count). The molecule has 244 valence electrons. The molecule has 0 saturated heterocycles. The van der Waals surface area contributed by atoms with Crippen LogP contribution in [0.25, 0.3) is 0 Å². The Bertz CT molecular complexity index is 1380. The first-order valence-corrected chi connectivity index (χ1v) is 15.6. The molecule has 0 aliphatic carbocycles. The zero-order valence-electron chi connectivity index (χ0n) is 28.2. The molecule has 45 heavy (non-hydrogen) atoms. The van der Waals surface area contributed by atoms with Crippen molar-refractivity contribution >= 4 is 35.0 Å². The first-order valence-electron chi connectivity index (χ1n) is 15.6. The minimum absolute atomic E-state index is 0.0114. The second-order valence-corrected chi connectivity index (χ2v) is 14.2. The molecular weight excluding hydrogens is 570 g/mol. The number of amides is 1. The highest BCUT2D eigenvalue weighted by molar-refractivity contribution is 6.38. The van der Waals surface area contributed by atoms with E-state index in [4.69, 9.17) is 4.74 Å². The van der Waals surface area contributed by atoms with Crippen LogP contribution in [-0.2, 0) is 30.3 Å². The summed E-state index contributed by atoms with van der Waals surface area (Å²) in [6, 6.07) is 14.6. The molecule has 1 N–H and O–H groups in total. The number of aryl methyl sites for hydroxylation is 1. The molecule has 0 aliphatic rings. The highest BCUT2D eigenvalue weighted by Gasteiger charge is 2.36. The van der Waals surface area contributed by atoms with Gasteiger partial charge in [0.15, 0.2) is 17.3 Å². The Morgan fingerprint density at radius 2 is 1.38 bits per heavy atom. The van der Waals surface area contributed by atoms with Crippen LogP contribution in [0.5, 0.6) is 0 Å². The predicted octanol–water partition coefficient (Wildman–Crippen LogP) is 6.38. The Morgan fingerprint density at radius 3 is 1.93 bits per heavy atom. The van der Waals surface area contributed by atoms with Gasteiger partial charge in [-0.05, 0) is 63.1 Å². The van der Waals surface area contributed by atoms with Crippen molar-refractivity contribution in [1.29, 1.82) is 0 Å². The molecule has 0 bridgehead atoms. The van der Waals surface area contributed by atoms with E-state index < -0.39 is 52.3 Å². The van der Waals surface area contributed by atoms with E-state index in [0.717, 1.165) is 0 Å². The largest absolute Gasteiger partial charge is 0.456 e. The molecule has 0 spiro atoms. The second kappa shape index (κ2) is 15.9. The minimum atomic E-state index is -0.908. The summed E-state index contributed by atoms with van der Waals surface area (Å²) in [6.45, 7) is 16.1. The van der Waals surface area contributed by atoms with Crippen LogP contribution in [0.4, 0.5) is 0 Å². The Balaban J connectivity index is 2.03. The third-order valence-electron chi connectivity index (χ3n) is 7.73. The van der Waals surface area contributed by atoms with Crippen LogP contribution < -0.4 is 5.32 Å². The summed E-state index contributed by atoms with van der Waals surface area (Å²) in [5, 5.41) is 2.76. The number of hydrogen-bond donors (Lipinski definition) is 1. The SMILES string of the molecule is CC(C)[C@H](CC(=O)[C@H](C)NC(=O)[C@@H](CC(=O)c1ccccc1)C(C)(C)C)C(=O)C(=O)CCc1cccc(C(=O)OC(C)(C)C)c1. The number of ether oxygens (including phenoxy) is 1. The Hall–Kier alpha value is -3.94. The van der Waals surface area contributed by atoms with E-state index in [-0.39, 0.29) is 43.2 Å². The van der Waals surface area contributed by atoms with E-state index in [2.05, 4.69) is 5.32 Å². The Kier molecular flexibility index (Phi) is 13.1. The van der Waals surface area contributed by atoms with Gasteiger partial charge in [0, 0.05) is 30.7 Å². The quantitative estimate of drug-likeness (QED) is 0.139. The fourth-order valence-electron chi connectivity index (χ4n) is 4.92. The van der Waals surface area contributed by atoms with Gasteiger partial charge in [0.25, 0.3) is 0 Å². The van der Waals surface area contributed by atoms with Gasteiger partial charge in [0.05, 0.1) is 17.5 Å². The number of benzene rings is 2. The first-order chi connectivity index (χ1) is 20.8. The molecule has 1 amide bonds. The smallest absolute Gasteiger partial charge is 0.338 e. The Labute approximate surface area is 267 Å². The van der Waals surface area contributed by atoms with E-state index in [0.29, 0.717) is 16.7 Å². The van der Waals surface area contributed by atoms with Gasteiger partial charge in [-0.3, -0.25) is 24.0 Å². The van der Waals surface area contributed by atoms with Crippen molar-refractivity contribution in [1.82, 2.24) is 5.32 Å². The molecule has 0 aliphatic heterocycles. The summed E-state index contributed by atoms with van der Waals surface area (Å²) in [5.41, 5.74) is 0.400. The first kappa shape index (κ1) is 37.2. The lowest BCUT2D eigenvalue weighted by Gasteiger charge is -2.30. The summed E-state index contributed by atoms with van der Waals surface area (Å²) in [7, 11) is 0. The van der Waals surface area contributed by atoms with Gasteiger partial charge in [-0.15, -0.1) is 0 Å². The summed E-state index contributed by atoms with van der Waals surface area (Å²) in [6.07, 6.45) is -0.0190. The molecule has 2 aromatic rings. The maximum atomic E-state index is 13.3. The van der Waals surface area contributed by atoms with Crippen molar-refractivity contribution in [3.05, 3.63) is 71.3 Å². The standard InChI is InChI=1S/C37H49NO7/c1-23(2)28(33(42)30(39)19-18-25-14-13-17-27(20-25)35(44)45-37(7,8)9)21-31(40)24(3)38-34(43)29(36(4,5)6)22-32(41)26-15-11-10-12-16-26/h10-17,20,23-24,28-29H,18-19,21-22H2,1-9H3,(H,38,43)/t24-,28-,29+/m0/s1. The lowest BCUT2D eigenvalue weighted by atomic mass is 9.76. The maximum absolute atomic E-state index is 13.3. The molecule has 8 nitrogen and oxygen atoms in total. The molecule has 0 heterocycles. The van der Waals surface area contributed by atoms with Crippen LogP contribution in [0.15, 0.2) is 54.6 Å². The van der Waals surface area contributed by atoms with E-state index in [1.54, 1.807) is 90.1 Å². The molecule has 0 fully saturated rings. The van der Waals surface area contributed by atoms with Gasteiger partial charge in [-0.25, -0.2) is 4.79 Å². The van der Waals surface area contributed by atoms with Crippen LogP contribution in [0.2, 0.25) is 0 Å². The average molecular weight is 620 g/mol. The number of nitrogens with one attached hydrogen (secondary N) is 1. The summed E-state index contributed by atoms with van der Waals surface area (Å²) >= 11 is 0. The van der Waals surface area contributed by atoms with Gasteiger partial charge in [-0.2, -0.15) is 0 Å². The number of carbonyl (C=O) groups excluding carboxylic acids is 6. The number of esters is 1. The van der Waals surface area contributed by atoms with Gasteiger partial charge in [-0.1, -0.05) is 77.1 Å². The molecule has 8 heteroatoms. The Morgan fingerprint density at radius 1 is 0.778 bits per heavy atom. The highest BCUT2D eigenvalue weighted by Crippen LogP contribution is 2.30. The summed E-state index contributed by atoms with van der Waals surface area (Å²) in [5.74, 6) is -4.42. The molecule has 0 unspecified atom stereocenters. The number of hydrogen-bond acceptors (Lipinski definition) is 7. The zero-order valence-corrected chi connectivity index (χ0v) is 28.2. The van der Waals surface area contributed by atoms with Gasteiger partial charge >= 0.3 is 5.97 Å². The van der Waals surface area contributed by atoms with Crippen molar-refractivity contribution < 1.29 is 33.5 Å². The van der Waals surface area contributed by atoms with E-state index in [1.807, 2.05) is 26.8 Å². The van der Waals surface area contributed by atoms with Gasteiger partial charge in [0.1, 0.15) is 5.60 Å². The van der Waals surface area contributed by atoms with Crippen molar-refractivity contribution in [2.75, 3.05) is 0 Å². The third kappa shape index (κ3) is 11.8. The lowest BCUT2D eigenvalue weighted by Crippen LogP contribution is -2.46. The second-order valence-electron chi connectivity index (χ2n) is 14.2. The van der Waals surface area contributed by atoms with E-state index >= 15 is 0 Å². The normalized spacial score (nSPS) is 13.8. The van der Waals surface area contributed by atoms with E-state index in [9.17, 15) is 28.8 Å². The molecule has 0 radical (unpaired) electrons. The van der Waals surface area contributed by atoms with Crippen molar-refractivity contribution in [2.45, 2.75) is 99.6 Å². The van der Waals surface area contributed by atoms with Crippen LogP contribution in [0.1, 0.15) is 108 Å². The van der Waals surface area contributed by atoms with E-state index in [1.165, 1.54) is 0 Å². The lowest BCUT2D eigenvalue weighted by molar-refractivity contribution is -0.141. The maximum Gasteiger partial charge on any atom is 0.338 e. The van der Waals surface area contributed by atoms with Gasteiger partial charge < -0.3 is 10.1 Å². The topological polar surface area (TPSA) is 124 Å². The number of ketones is 4.